The van der Waals surface area contributed by atoms with Gasteiger partial charge in [-0.15, -0.1) is 0 Å². The number of likely N-dealkylation sites (N-methyl/N-ethyl adjacent to an activating group) is 1. The first-order chi connectivity index (χ1) is 5.06. The van der Waals surface area contributed by atoms with Crippen molar-refractivity contribution >= 4 is 10.1 Å². The summed E-state index contributed by atoms with van der Waals surface area (Å²) in [5.74, 6) is -3.56. The average Bonchev–Trinajstić information content (AvgIpc) is 1.81. The minimum atomic E-state index is -4.83. The van der Waals surface area contributed by atoms with Gasteiger partial charge in [0.05, 0.1) is 0 Å². The molecule has 0 radical (unpaired) electrons. The van der Waals surface area contributed by atoms with Crippen molar-refractivity contribution in [3.8, 4) is 0 Å². The van der Waals surface area contributed by atoms with Crippen LogP contribution in [0.15, 0.2) is 0 Å². The van der Waals surface area contributed by atoms with Crippen LogP contribution in [0.3, 0.4) is 0 Å². The molecule has 0 aromatic rings. The number of hydrogen-bond donors (Lipinski definition) is 5. The molecule has 0 aromatic carbocycles. The summed E-state index contributed by atoms with van der Waals surface area (Å²) >= 11 is 0. The zero-order valence-electron chi connectivity index (χ0n) is 6.51. The maximum absolute atomic E-state index is 10.5. The number of nitrogens with one attached hydrogen (secondary N) is 1. The molecule has 0 heterocycles. The monoisotopic (exact) mass is 201 g/mol. The molecule has 1 atom stereocenters. The molecule has 0 aliphatic rings. The second-order valence-corrected chi connectivity index (χ2v) is 4.16. The molecule has 0 aliphatic carbocycles. The van der Waals surface area contributed by atoms with Crippen molar-refractivity contribution < 1.29 is 28.3 Å². The maximum atomic E-state index is 10.5. The van der Waals surface area contributed by atoms with Crippen molar-refractivity contribution in [2.24, 2.45) is 0 Å². The number of hydrogen-bond acceptors (Lipinski definition) is 6. The van der Waals surface area contributed by atoms with Gasteiger partial charge >= 0.3 is 5.97 Å². The van der Waals surface area contributed by atoms with Crippen LogP contribution in [0.1, 0.15) is 6.92 Å². The van der Waals surface area contributed by atoms with Crippen molar-refractivity contribution in [2.75, 3.05) is 7.05 Å². The molecule has 5 N–H and O–H groups in total. The summed E-state index contributed by atoms with van der Waals surface area (Å²) in [7, 11) is -3.80. The van der Waals surface area contributed by atoms with Gasteiger partial charge in [0.1, 0.15) is 0 Å². The molecule has 74 valence electrons. The lowest BCUT2D eigenvalue weighted by molar-refractivity contribution is -0.334. The highest BCUT2D eigenvalue weighted by molar-refractivity contribution is 7.87. The van der Waals surface area contributed by atoms with E-state index in [1.54, 1.807) is 0 Å². The van der Waals surface area contributed by atoms with Crippen LogP contribution >= 0.6 is 0 Å². The van der Waals surface area contributed by atoms with Gasteiger partial charge in [-0.2, -0.15) is 8.42 Å². The van der Waals surface area contributed by atoms with Crippen LogP contribution in [0.2, 0.25) is 0 Å². The van der Waals surface area contributed by atoms with E-state index in [2.05, 4.69) is 0 Å². The third kappa shape index (κ3) is 1.73. The lowest BCUT2D eigenvalue weighted by atomic mass is 10.3. The largest absolute Gasteiger partial charge is 0.341 e. The summed E-state index contributed by atoms with van der Waals surface area (Å²) in [4.78, 5) is -2.64. The quantitative estimate of drug-likeness (QED) is 0.251. The number of aliphatic hydroxyl groups is 3. The van der Waals surface area contributed by atoms with Crippen molar-refractivity contribution in [3.05, 3.63) is 0 Å². The molecule has 0 bridgehead atoms. The molecule has 0 aromatic heterocycles. The van der Waals surface area contributed by atoms with Crippen LogP contribution < -0.4 is 5.32 Å². The van der Waals surface area contributed by atoms with Gasteiger partial charge in [-0.1, -0.05) is 0 Å². The Bertz CT molecular complexity index is 253. The zero-order chi connectivity index (χ0) is 10.2. The van der Waals surface area contributed by atoms with Crippen LogP contribution in [-0.4, -0.2) is 46.2 Å². The molecular formula is C4H11NO6S. The van der Waals surface area contributed by atoms with E-state index < -0.39 is 21.0 Å². The fourth-order valence-electron chi connectivity index (χ4n) is 0.470. The van der Waals surface area contributed by atoms with Crippen molar-refractivity contribution in [3.63, 3.8) is 0 Å². The third-order valence-electron chi connectivity index (χ3n) is 1.63. The van der Waals surface area contributed by atoms with E-state index in [4.69, 9.17) is 19.9 Å². The van der Waals surface area contributed by atoms with Gasteiger partial charge in [0.25, 0.3) is 10.1 Å². The van der Waals surface area contributed by atoms with Gasteiger partial charge in [-0.3, -0.25) is 9.87 Å². The molecule has 7 nitrogen and oxygen atoms in total. The van der Waals surface area contributed by atoms with E-state index in [1.807, 2.05) is 5.32 Å². The Hall–Kier alpha value is -0.250. The van der Waals surface area contributed by atoms with Crippen molar-refractivity contribution in [1.82, 2.24) is 5.32 Å². The Balaban J connectivity index is 5.25. The van der Waals surface area contributed by atoms with E-state index in [-0.39, 0.29) is 0 Å². The second-order valence-electron chi connectivity index (χ2n) is 2.39. The Morgan fingerprint density at radius 1 is 1.25 bits per heavy atom. The van der Waals surface area contributed by atoms with Crippen LogP contribution in [0.5, 0.6) is 0 Å². The molecule has 1 unspecified atom stereocenters. The topological polar surface area (TPSA) is 127 Å². The molecule has 0 amide bonds. The molecule has 0 aliphatic heterocycles. The predicted octanol–water partition coefficient (Wildman–Crippen LogP) is -2.56. The Labute approximate surface area is 69.4 Å². The van der Waals surface area contributed by atoms with Gasteiger partial charge in [-0.05, 0) is 14.0 Å². The molecular weight excluding hydrogens is 190 g/mol. The summed E-state index contributed by atoms with van der Waals surface area (Å²) in [5, 5.41) is 27.6. The average molecular weight is 201 g/mol. The van der Waals surface area contributed by atoms with E-state index in [0.29, 0.717) is 6.92 Å². The van der Waals surface area contributed by atoms with Gasteiger partial charge in [0, 0.05) is 0 Å². The highest BCUT2D eigenvalue weighted by atomic mass is 32.2. The standard InChI is InChI=1S/C4H11NO6S/c1-3(5-2,4(6,7)8)12(9,10)11/h5-8H,1-2H3,(H,9,10,11). The van der Waals surface area contributed by atoms with Gasteiger partial charge in [0.15, 0.2) is 0 Å². The van der Waals surface area contributed by atoms with E-state index in [9.17, 15) is 8.42 Å². The third-order valence-corrected chi connectivity index (χ3v) is 3.14. The van der Waals surface area contributed by atoms with Gasteiger partial charge < -0.3 is 15.3 Å². The zero-order valence-corrected chi connectivity index (χ0v) is 7.33. The van der Waals surface area contributed by atoms with Crippen LogP contribution in [0.25, 0.3) is 0 Å². The highest BCUT2D eigenvalue weighted by Gasteiger charge is 2.54. The minimum absolute atomic E-state index is 0.711. The Kier molecular flexibility index (Phi) is 2.85. The molecule has 0 rings (SSSR count). The van der Waals surface area contributed by atoms with E-state index in [0.717, 1.165) is 7.05 Å². The van der Waals surface area contributed by atoms with E-state index >= 15 is 0 Å². The lowest BCUT2D eigenvalue weighted by Crippen LogP contribution is -2.64. The summed E-state index contributed by atoms with van der Waals surface area (Å²) < 4.78 is 29.6. The molecule has 0 saturated carbocycles. The summed E-state index contributed by atoms with van der Waals surface area (Å²) in [6.07, 6.45) is 0. The molecule has 8 heteroatoms. The first-order valence-electron chi connectivity index (χ1n) is 2.89. The highest BCUT2D eigenvalue weighted by Crippen LogP contribution is 2.21. The predicted molar refractivity (Wildman–Crippen MR) is 38.4 cm³/mol. The molecule has 0 fully saturated rings. The fourth-order valence-corrected chi connectivity index (χ4v) is 1.07. The maximum Gasteiger partial charge on any atom is 0.312 e. The first kappa shape index (κ1) is 11.8. The second kappa shape index (κ2) is 2.91. The minimum Gasteiger partial charge on any atom is -0.341 e. The number of rotatable bonds is 3. The summed E-state index contributed by atoms with van der Waals surface area (Å²) in [6, 6.07) is 0. The Morgan fingerprint density at radius 3 is 1.58 bits per heavy atom. The smallest absolute Gasteiger partial charge is 0.312 e. The van der Waals surface area contributed by atoms with Gasteiger partial charge in [-0.25, -0.2) is 0 Å². The first-order valence-corrected chi connectivity index (χ1v) is 4.33. The molecule has 0 spiro atoms. The van der Waals surface area contributed by atoms with Crippen LogP contribution in [-0.2, 0) is 10.1 Å². The summed E-state index contributed by atoms with van der Waals surface area (Å²) in [5.41, 5.74) is 0. The van der Waals surface area contributed by atoms with Crippen LogP contribution in [0.4, 0.5) is 0 Å². The SMILES string of the molecule is CNC(C)(C(O)(O)O)S(=O)(=O)O. The van der Waals surface area contributed by atoms with Crippen LogP contribution in [0, 0.1) is 0 Å². The fraction of sp³-hybridized carbons (Fsp3) is 1.00. The summed E-state index contributed by atoms with van der Waals surface area (Å²) in [6.45, 7) is 0.711. The van der Waals surface area contributed by atoms with E-state index in [1.165, 1.54) is 0 Å². The van der Waals surface area contributed by atoms with Crippen molar-refractivity contribution in [2.45, 2.75) is 17.8 Å². The normalized spacial score (nSPS) is 18.8. The van der Waals surface area contributed by atoms with Crippen molar-refractivity contribution in [1.29, 1.82) is 0 Å². The lowest BCUT2D eigenvalue weighted by Gasteiger charge is -2.32. The Morgan fingerprint density at radius 2 is 1.58 bits per heavy atom. The van der Waals surface area contributed by atoms with Gasteiger partial charge in [0.2, 0.25) is 4.87 Å². The molecule has 0 saturated heterocycles. The molecule has 12 heavy (non-hydrogen) atoms.